The van der Waals surface area contributed by atoms with Gasteiger partial charge in [-0.05, 0) is 52.4 Å². The van der Waals surface area contributed by atoms with Crippen LogP contribution in [-0.2, 0) is 17.8 Å². The van der Waals surface area contributed by atoms with Gasteiger partial charge in [-0.25, -0.2) is 0 Å². The number of nitrogens with two attached hydrogens (primary N) is 1. The van der Waals surface area contributed by atoms with E-state index in [0.29, 0.717) is 12.4 Å². The van der Waals surface area contributed by atoms with Crippen molar-refractivity contribution in [3.63, 3.8) is 0 Å². The van der Waals surface area contributed by atoms with Crippen LogP contribution in [0.1, 0.15) is 42.3 Å². The predicted molar refractivity (Wildman–Crippen MR) is 100 cm³/mol. The van der Waals surface area contributed by atoms with Crippen molar-refractivity contribution in [1.29, 1.82) is 0 Å². The highest BCUT2D eigenvalue weighted by atomic mass is 35.5. The van der Waals surface area contributed by atoms with Gasteiger partial charge in [-0.15, -0.1) is 12.4 Å². The van der Waals surface area contributed by atoms with E-state index in [9.17, 15) is 14.9 Å². The monoisotopic (exact) mass is 379 g/mol. The van der Waals surface area contributed by atoms with Crippen LogP contribution in [0.4, 0.5) is 11.5 Å². The van der Waals surface area contributed by atoms with Crippen LogP contribution in [0.3, 0.4) is 0 Å². The van der Waals surface area contributed by atoms with Gasteiger partial charge in [-0.3, -0.25) is 4.79 Å². The zero-order valence-corrected chi connectivity index (χ0v) is 15.3. The number of aromatic nitrogens is 2. The Labute approximate surface area is 157 Å². The highest BCUT2D eigenvalue weighted by Crippen LogP contribution is 2.31. The van der Waals surface area contributed by atoms with Crippen molar-refractivity contribution < 1.29 is 9.72 Å². The number of nitrogens with zero attached hydrogens (tertiary/aromatic N) is 3. The summed E-state index contributed by atoms with van der Waals surface area (Å²) >= 11 is 0. The first-order valence-electron chi connectivity index (χ1n) is 8.30. The lowest BCUT2D eigenvalue weighted by Crippen LogP contribution is -2.31. The number of fused-ring (bicyclic) bond motifs is 1. The van der Waals surface area contributed by atoms with Crippen LogP contribution < -0.4 is 11.1 Å². The summed E-state index contributed by atoms with van der Waals surface area (Å²) in [5.74, 6) is 0.250. The maximum absolute atomic E-state index is 12.3. The molecule has 0 saturated heterocycles. The second-order valence-electron chi connectivity index (χ2n) is 6.32. The molecule has 0 saturated carbocycles. The SMILES string of the molecule is Cc1nc([N+](=O)[O-])cn1CCC(=O)NC1CCCc2cc(N)ccc21.Cl. The van der Waals surface area contributed by atoms with Gasteiger partial charge in [0.15, 0.2) is 0 Å². The molecule has 1 atom stereocenters. The molecule has 1 heterocycles. The first kappa shape index (κ1) is 19.7. The highest BCUT2D eigenvalue weighted by molar-refractivity contribution is 5.85. The van der Waals surface area contributed by atoms with Gasteiger partial charge in [-0.1, -0.05) is 6.07 Å². The molecule has 3 rings (SSSR count). The number of nitro groups is 1. The number of amides is 1. The highest BCUT2D eigenvalue weighted by Gasteiger charge is 2.22. The Balaban J connectivity index is 0.00000243. The lowest BCUT2D eigenvalue weighted by Gasteiger charge is -2.26. The molecule has 0 spiro atoms. The van der Waals surface area contributed by atoms with E-state index in [4.69, 9.17) is 5.73 Å². The fourth-order valence-corrected chi connectivity index (χ4v) is 3.28. The topological polar surface area (TPSA) is 116 Å². The van der Waals surface area contributed by atoms with Gasteiger partial charge in [-0.2, -0.15) is 0 Å². The molecule has 26 heavy (non-hydrogen) atoms. The summed E-state index contributed by atoms with van der Waals surface area (Å²) in [6, 6.07) is 5.81. The number of rotatable bonds is 5. The maximum atomic E-state index is 12.3. The minimum Gasteiger partial charge on any atom is -0.399 e. The average Bonchev–Trinajstić information content (AvgIpc) is 2.94. The van der Waals surface area contributed by atoms with Gasteiger partial charge in [0.25, 0.3) is 0 Å². The lowest BCUT2D eigenvalue weighted by molar-refractivity contribution is -0.389. The third-order valence-electron chi connectivity index (χ3n) is 4.55. The average molecular weight is 380 g/mol. The second-order valence-corrected chi connectivity index (χ2v) is 6.32. The third kappa shape index (κ3) is 4.32. The first-order chi connectivity index (χ1) is 11.9. The molecule has 1 aliphatic carbocycles. The predicted octanol–water partition coefficient (Wildman–Crippen LogP) is 2.69. The molecular formula is C17H22ClN5O3. The summed E-state index contributed by atoms with van der Waals surface area (Å²) in [5, 5.41) is 13.8. The number of carbonyl (C=O) groups excluding carboxylic acids is 1. The summed E-state index contributed by atoms with van der Waals surface area (Å²) in [4.78, 5) is 26.4. The van der Waals surface area contributed by atoms with E-state index in [1.165, 1.54) is 11.8 Å². The molecule has 140 valence electrons. The van der Waals surface area contributed by atoms with Gasteiger partial charge >= 0.3 is 5.82 Å². The molecule has 8 nitrogen and oxygen atoms in total. The van der Waals surface area contributed by atoms with Crippen molar-refractivity contribution >= 4 is 29.8 Å². The van der Waals surface area contributed by atoms with Crippen LogP contribution in [0.25, 0.3) is 0 Å². The molecule has 1 aliphatic rings. The molecule has 1 unspecified atom stereocenters. The number of halogens is 1. The van der Waals surface area contributed by atoms with E-state index in [0.717, 1.165) is 30.5 Å². The third-order valence-corrected chi connectivity index (χ3v) is 4.55. The summed E-state index contributed by atoms with van der Waals surface area (Å²) in [5.41, 5.74) is 8.89. The number of nitrogens with one attached hydrogen (secondary N) is 1. The fraction of sp³-hybridized carbons (Fsp3) is 0.412. The first-order valence-corrected chi connectivity index (χ1v) is 8.30. The molecule has 0 radical (unpaired) electrons. The normalized spacial score (nSPS) is 15.7. The minimum atomic E-state index is -0.533. The summed E-state index contributed by atoms with van der Waals surface area (Å²) in [6.45, 7) is 2.05. The smallest absolute Gasteiger partial charge is 0.381 e. The fourth-order valence-electron chi connectivity index (χ4n) is 3.28. The van der Waals surface area contributed by atoms with E-state index < -0.39 is 4.92 Å². The molecule has 1 aromatic carbocycles. The van der Waals surface area contributed by atoms with E-state index in [-0.39, 0.29) is 36.6 Å². The number of hydrogen-bond donors (Lipinski definition) is 2. The van der Waals surface area contributed by atoms with E-state index in [1.54, 1.807) is 11.5 Å². The molecule has 1 amide bonds. The minimum absolute atomic E-state index is 0. The molecule has 1 aromatic heterocycles. The maximum Gasteiger partial charge on any atom is 0.381 e. The number of imidazole rings is 1. The Hall–Kier alpha value is -2.61. The van der Waals surface area contributed by atoms with Crippen molar-refractivity contribution in [2.24, 2.45) is 0 Å². The molecule has 2 aromatic rings. The molecule has 0 aliphatic heterocycles. The Morgan fingerprint density at radius 3 is 2.96 bits per heavy atom. The van der Waals surface area contributed by atoms with Crippen molar-refractivity contribution in [2.45, 2.75) is 45.2 Å². The number of hydrogen-bond acceptors (Lipinski definition) is 5. The number of anilines is 1. The van der Waals surface area contributed by atoms with Gasteiger partial charge in [0.1, 0.15) is 6.20 Å². The molecular weight excluding hydrogens is 358 g/mol. The van der Waals surface area contributed by atoms with Crippen LogP contribution in [-0.4, -0.2) is 20.4 Å². The van der Waals surface area contributed by atoms with Gasteiger partial charge < -0.3 is 25.7 Å². The summed E-state index contributed by atoms with van der Waals surface area (Å²) < 4.78 is 1.63. The second kappa shape index (κ2) is 8.18. The molecule has 0 fully saturated rings. The van der Waals surface area contributed by atoms with Crippen LogP contribution in [0.5, 0.6) is 0 Å². The Morgan fingerprint density at radius 2 is 2.27 bits per heavy atom. The quantitative estimate of drug-likeness (QED) is 0.470. The molecule has 3 N–H and O–H groups in total. The van der Waals surface area contributed by atoms with Gasteiger partial charge in [0.05, 0.1) is 6.04 Å². The summed E-state index contributed by atoms with van der Waals surface area (Å²) in [7, 11) is 0. The van der Waals surface area contributed by atoms with Crippen LogP contribution in [0.15, 0.2) is 24.4 Å². The van der Waals surface area contributed by atoms with Gasteiger partial charge in [0, 0.05) is 25.6 Å². The Kier molecular flexibility index (Phi) is 6.20. The number of nitrogen functional groups attached to an aromatic ring is 1. The molecule has 9 heteroatoms. The van der Waals surface area contributed by atoms with Crippen LogP contribution >= 0.6 is 12.4 Å². The van der Waals surface area contributed by atoms with Crippen molar-refractivity contribution in [3.8, 4) is 0 Å². The lowest BCUT2D eigenvalue weighted by atomic mass is 9.87. The number of benzene rings is 1. The van der Waals surface area contributed by atoms with Crippen LogP contribution in [0, 0.1) is 17.0 Å². The largest absolute Gasteiger partial charge is 0.399 e. The van der Waals surface area contributed by atoms with Gasteiger partial charge in [0.2, 0.25) is 11.7 Å². The Bertz CT molecular complexity index is 821. The Morgan fingerprint density at radius 1 is 1.50 bits per heavy atom. The molecule has 0 bridgehead atoms. The van der Waals surface area contributed by atoms with E-state index >= 15 is 0 Å². The standard InChI is InChI=1S/C17H21N5O3.ClH/c1-11-19-16(22(24)25)10-21(11)8-7-17(23)20-15-4-2-3-12-9-13(18)5-6-14(12)15;/h5-6,9-10,15H,2-4,7-8,18H2,1H3,(H,20,23);1H. The van der Waals surface area contributed by atoms with E-state index in [2.05, 4.69) is 10.3 Å². The van der Waals surface area contributed by atoms with Crippen molar-refractivity contribution in [2.75, 3.05) is 5.73 Å². The van der Waals surface area contributed by atoms with Crippen molar-refractivity contribution in [1.82, 2.24) is 14.9 Å². The van der Waals surface area contributed by atoms with Crippen molar-refractivity contribution in [3.05, 3.63) is 51.5 Å². The number of carbonyl (C=O) groups is 1. The van der Waals surface area contributed by atoms with Crippen LogP contribution in [0.2, 0.25) is 0 Å². The zero-order valence-electron chi connectivity index (χ0n) is 14.5. The summed E-state index contributed by atoms with van der Waals surface area (Å²) in [6.07, 6.45) is 4.49. The number of aryl methyl sites for hydroxylation is 3. The zero-order chi connectivity index (χ0) is 18.0. The van der Waals surface area contributed by atoms with E-state index in [1.807, 2.05) is 18.2 Å².